The molecule has 224 valence electrons. The van der Waals surface area contributed by atoms with Gasteiger partial charge >= 0.3 is 0 Å². The van der Waals surface area contributed by atoms with E-state index < -0.39 is 0 Å². The maximum Gasteiger partial charge on any atom is 0.171 e. The maximum absolute atomic E-state index is 3.81. The van der Waals surface area contributed by atoms with E-state index >= 15 is 0 Å². The fourth-order valence-corrected chi connectivity index (χ4v) is 1.39. The highest BCUT2D eigenvalue weighted by atomic mass is 15.6. The summed E-state index contributed by atoms with van der Waals surface area (Å²) in [5, 5.41) is 46.0. The van der Waals surface area contributed by atoms with Crippen LogP contribution >= 0.6 is 0 Å². The van der Waals surface area contributed by atoms with Crippen LogP contribution in [0.2, 0.25) is 0 Å². The molecule has 5 aromatic rings. The molecule has 0 fully saturated rings. The smallest absolute Gasteiger partial charge is 0.171 e. The minimum atomic E-state index is 0. The number of hydrogen-bond acceptors (Lipinski definition) is 13. The third kappa shape index (κ3) is 26.4. The largest absolute Gasteiger partial charge is 0.256 e. The highest BCUT2D eigenvalue weighted by Gasteiger charge is 1.87. The summed E-state index contributed by atoms with van der Waals surface area (Å²) >= 11 is 0. The molecular weight excluding hydrogens is 504 g/mol. The molecule has 0 bridgehead atoms. The second-order valence-corrected chi connectivity index (χ2v) is 5.81. The van der Waals surface area contributed by atoms with Crippen molar-refractivity contribution in [1.29, 1.82) is 0 Å². The first-order chi connectivity index (χ1) is 17.3. The molecule has 18 nitrogen and oxygen atoms in total. The van der Waals surface area contributed by atoms with Gasteiger partial charge in [-0.1, -0.05) is 60.4 Å². The van der Waals surface area contributed by atoms with Gasteiger partial charge in [0.05, 0.1) is 19.4 Å². The van der Waals surface area contributed by atoms with Crippen LogP contribution in [0, 0.1) is 13.8 Å². The Balaban J connectivity index is -0.000000118. The topological polar surface area (TPSA) is 192 Å². The third-order valence-electron chi connectivity index (χ3n) is 2.98. The molecule has 0 spiro atoms. The molecule has 0 unspecified atom stereocenters. The van der Waals surface area contributed by atoms with Crippen LogP contribution in [-0.4, -0.2) is 90.6 Å². The predicted molar refractivity (Wildman–Crippen MR) is 151 cm³/mol. The maximum atomic E-state index is 3.81. The van der Waals surface area contributed by atoms with E-state index in [9.17, 15) is 0 Å². The zero-order valence-electron chi connectivity index (χ0n) is 22.9. The second-order valence-electron chi connectivity index (χ2n) is 5.81. The van der Waals surface area contributed by atoms with Crippen molar-refractivity contribution in [2.24, 2.45) is 35.2 Å². The van der Waals surface area contributed by atoms with Gasteiger partial charge in [0, 0.05) is 40.6 Å². The average Bonchev–Trinajstić information content (AvgIpc) is 3.72. The van der Waals surface area contributed by atoms with Crippen molar-refractivity contribution in [3.63, 3.8) is 0 Å². The SMILES string of the molecule is C.C.C.CC.CC.Cc1nnn(C)n1.Cc1nnnn1C.Cn1ccnn1.Cn1ccnn1.Cn1cnnn1. The summed E-state index contributed by atoms with van der Waals surface area (Å²) in [6.07, 6.45) is 8.36. The Kier molecular flexibility index (Phi) is 33.9. The van der Waals surface area contributed by atoms with Gasteiger partial charge in [0.15, 0.2) is 5.82 Å². The van der Waals surface area contributed by atoms with E-state index in [4.69, 9.17) is 0 Å². The summed E-state index contributed by atoms with van der Waals surface area (Å²) in [6.45, 7) is 11.6. The molecule has 5 rings (SSSR count). The van der Waals surface area contributed by atoms with Crippen LogP contribution in [0.1, 0.15) is 61.6 Å². The highest BCUT2D eigenvalue weighted by molar-refractivity contribution is 4.69. The Morgan fingerprint density at radius 1 is 0.564 bits per heavy atom. The molecule has 0 aromatic carbocycles. The van der Waals surface area contributed by atoms with Gasteiger partial charge in [0.1, 0.15) is 12.2 Å². The summed E-state index contributed by atoms with van der Waals surface area (Å²) in [5.74, 6) is 1.54. The van der Waals surface area contributed by atoms with E-state index in [1.54, 1.807) is 66.9 Å². The van der Waals surface area contributed by atoms with Gasteiger partial charge in [-0.25, -0.2) is 9.36 Å². The summed E-state index contributed by atoms with van der Waals surface area (Å²) in [6, 6.07) is 0. The normalized spacial score (nSPS) is 7.77. The lowest BCUT2D eigenvalue weighted by atomic mass is 10.7. The van der Waals surface area contributed by atoms with E-state index in [-0.39, 0.29) is 22.3 Å². The van der Waals surface area contributed by atoms with Crippen molar-refractivity contribution in [1.82, 2.24) is 90.6 Å². The quantitative estimate of drug-likeness (QED) is 0.269. The zero-order valence-corrected chi connectivity index (χ0v) is 22.9. The molecule has 39 heavy (non-hydrogen) atoms. The second kappa shape index (κ2) is 29.7. The highest BCUT2D eigenvalue weighted by Crippen LogP contribution is 1.78. The summed E-state index contributed by atoms with van der Waals surface area (Å²) in [7, 11) is 8.95. The summed E-state index contributed by atoms with van der Waals surface area (Å²) in [5.41, 5.74) is 0. The molecule has 0 amide bonds. The van der Waals surface area contributed by atoms with Crippen LogP contribution in [0.3, 0.4) is 0 Å². The van der Waals surface area contributed by atoms with Crippen LogP contribution in [0.25, 0.3) is 0 Å². The van der Waals surface area contributed by atoms with Crippen molar-refractivity contribution in [2.75, 3.05) is 0 Å². The number of nitrogens with zero attached hydrogens (tertiary/aromatic N) is 18. The van der Waals surface area contributed by atoms with E-state index in [1.165, 1.54) is 15.8 Å². The van der Waals surface area contributed by atoms with Gasteiger partial charge in [-0.05, 0) is 39.9 Å². The van der Waals surface area contributed by atoms with E-state index in [2.05, 4.69) is 67.1 Å². The monoisotopic (exact) mass is 554 g/mol. The van der Waals surface area contributed by atoms with Crippen molar-refractivity contribution in [3.8, 4) is 0 Å². The van der Waals surface area contributed by atoms with Gasteiger partial charge < -0.3 is 0 Å². The van der Waals surface area contributed by atoms with Crippen LogP contribution in [0.5, 0.6) is 0 Å². The number of aromatic nitrogens is 18. The van der Waals surface area contributed by atoms with Gasteiger partial charge in [0.2, 0.25) is 0 Å². The lowest BCUT2D eigenvalue weighted by molar-refractivity contribution is 0.629. The molecule has 0 aliphatic carbocycles. The first kappa shape index (κ1) is 44.5. The first-order valence-corrected chi connectivity index (χ1v) is 10.9. The summed E-state index contributed by atoms with van der Waals surface area (Å²) in [4.78, 5) is 1.43. The molecule has 5 aromatic heterocycles. The van der Waals surface area contributed by atoms with E-state index in [1.807, 2.05) is 48.7 Å². The Hall–Kier alpha value is -4.51. The Labute approximate surface area is 232 Å². The minimum absolute atomic E-state index is 0. The molecule has 0 aliphatic rings. The molecular formula is C21H50N18. The van der Waals surface area contributed by atoms with Crippen molar-refractivity contribution < 1.29 is 0 Å². The molecule has 5 heterocycles. The average molecular weight is 555 g/mol. The molecule has 0 atom stereocenters. The molecule has 0 saturated heterocycles. The van der Waals surface area contributed by atoms with Gasteiger partial charge in [-0.3, -0.25) is 9.36 Å². The van der Waals surface area contributed by atoms with Crippen LogP contribution in [0.15, 0.2) is 31.1 Å². The third-order valence-corrected chi connectivity index (χ3v) is 2.98. The van der Waals surface area contributed by atoms with Crippen molar-refractivity contribution in [2.45, 2.75) is 63.8 Å². The fourth-order valence-electron chi connectivity index (χ4n) is 1.39. The fraction of sp³-hybridized carbons (Fsp3) is 0.667. The molecule has 0 radical (unpaired) electrons. The van der Waals surface area contributed by atoms with Crippen LogP contribution in [0.4, 0.5) is 0 Å². The number of rotatable bonds is 0. The molecule has 0 aliphatic heterocycles. The van der Waals surface area contributed by atoms with Crippen molar-refractivity contribution >= 4 is 0 Å². The van der Waals surface area contributed by atoms with Crippen LogP contribution < -0.4 is 0 Å². The first-order valence-electron chi connectivity index (χ1n) is 10.9. The lowest BCUT2D eigenvalue weighted by Gasteiger charge is -1.81. The molecule has 0 saturated carbocycles. The van der Waals surface area contributed by atoms with Gasteiger partial charge in [0.25, 0.3) is 0 Å². The Bertz CT molecular complexity index is 939. The number of hydrogen-bond donors (Lipinski definition) is 0. The lowest BCUT2D eigenvalue weighted by Crippen LogP contribution is -1.92. The Morgan fingerprint density at radius 3 is 1.18 bits per heavy atom. The standard InChI is InChI=1S/2C3H6N4.2C3H5N3.C2H4N4.2C2H6.3CH4/c1-3-4-5-6-7(3)2;1-3-4-6-7(2)5-3;2*1-6-3-2-4-5-6;1-6-2-3-4-5-6;2*1-2;;;/h2*1-2H3;2*2-3H,1H3;2H,1H3;2*1-2H3;3*1H4. The number of aryl methyl sites for hydroxylation is 7. The van der Waals surface area contributed by atoms with Gasteiger partial charge in [-0.2, -0.15) is 4.80 Å². The molecule has 18 heteroatoms. The van der Waals surface area contributed by atoms with Crippen LogP contribution in [-0.2, 0) is 35.2 Å². The van der Waals surface area contributed by atoms with E-state index in [0.717, 1.165) is 5.82 Å². The van der Waals surface area contributed by atoms with Gasteiger partial charge in [-0.15, -0.1) is 30.6 Å². The zero-order chi connectivity index (χ0) is 27.8. The number of tetrazole rings is 3. The summed E-state index contributed by atoms with van der Waals surface area (Å²) < 4.78 is 6.42. The minimum Gasteiger partial charge on any atom is -0.256 e. The molecule has 0 N–H and O–H groups in total. The Morgan fingerprint density at radius 2 is 1.08 bits per heavy atom. The van der Waals surface area contributed by atoms with Crippen molar-refractivity contribution in [3.05, 3.63) is 42.8 Å². The van der Waals surface area contributed by atoms with E-state index in [0.29, 0.717) is 5.82 Å². The predicted octanol–water partition coefficient (Wildman–Crippen LogP) is 1.84.